The van der Waals surface area contributed by atoms with Crippen molar-refractivity contribution in [2.24, 2.45) is 0 Å². The monoisotopic (exact) mass is 342 g/mol. The van der Waals surface area contributed by atoms with Crippen LogP contribution in [0.15, 0.2) is 54.6 Å². The minimum absolute atomic E-state index is 0.171. The molecule has 0 aromatic heterocycles. The van der Waals surface area contributed by atoms with Gasteiger partial charge >= 0.3 is 0 Å². The quantitative estimate of drug-likeness (QED) is 0.833. The van der Waals surface area contributed by atoms with E-state index in [4.69, 9.17) is 14.2 Å². The molecular formula is C21H26O4. The van der Waals surface area contributed by atoms with Gasteiger partial charge in [-0.3, -0.25) is 0 Å². The zero-order valence-corrected chi connectivity index (χ0v) is 14.6. The van der Waals surface area contributed by atoms with E-state index in [9.17, 15) is 5.11 Å². The molecule has 2 aromatic rings. The summed E-state index contributed by atoms with van der Waals surface area (Å²) >= 11 is 0. The molecular weight excluding hydrogens is 316 g/mol. The average Bonchev–Trinajstić information content (AvgIpc) is 2.67. The van der Waals surface area contributed by atoms with Crippen molar-refractivity contribution < 1.29 is 19.3 Å². The summed E-state index contributed by atoms with van der Waals surface area (Å²) in [6.07, 6.45) is 1.80. The molecule has 3 atom stereocenters. The summed E-state index contributed by atoms with van der Waals surface area (Å²) in [6, 6.07) is 17.9. The van der Waals surface area contributed by atoms with E-state index >= 15 is 0 Å². The van der Waals surface area contributed by atoms with Crippen LogP contribution in [-0.2, 0) is 22.7 Å². The number of rotatable bonds is 7. The van der Waals surface area contributed by atoms with E-state index < -0.39 is 6.10 Å². The molecule has 0 spiro atoms. The second-order valence-electron chi connectivity index (χ2n) is 6.45. The van der Waals surface area contributed by atoms with Crippen LogP contribution in [0.4, 0.5) is 0 Å². The van der Waals surface area contributed by atoms with Crippen LogP contribution in [0.5, 0.6) is 5.75 Å². The predicted octanol–water partition coefficient (Wildman–Crippen LogP) is 3.71. The Morgan fingerprint density at radius 2 is 1.40 bits per heavy atom. The van der Waals surface area contributed by atoms with Crippen molar-refractivity contribution in [1.29, 1.82) is 0 Å². The normalized spacial score (nSPS) is 23.4. The van der Waals surface area contributed by atoms with Crippen LogP contribution in [0.1, 0.15) is 30.4 Å². The smallest absolute Gasteiger partial charge is 0.118 e. The lowest BCUT2D eigenvalue weighted by atomic mass is 9.92. The Kier molecular flexibility index (Phi) is 6.45. The van der Waals surface area contributed by atoms with Gasteiger partial charge in [0.15, 0.2) is 0 Å². The summed E-state index contributed by atoms with van der Waals surface area (Å²) in [5.41, 5.74) is 2.19. The topological polar surface area (TPSA) is 47.9 Å². The molecule has 0 aliphatic heterocycles. The molecule has 0 saturated heterocycles. The number of hydrogen-bond donors (Lipinski definition) is 1. The van der Waals surface area contributed by atoms with Crippen LogP contribution >= 0.6 is 0 Å². The van der Waals surface area contributed by atoms with Crippen LogP contribution in [0, 0.1) is 0 Å². The Balaban J connectivity index is 1.49. The summed E-state index contributed by atoms with van der Waals surface area (Å²) in [5, 5.41) is 10.6. The third-order valence-electron chi connectivity index (χ3n) is 4.67. The summed E-state index contributed by atoms with van der Waals surface area (Å²) in [7, 11) is 1.65. The highest BCUT2D eigenvalue weighted by atomic mass is 16.5. The Bertz CT molecular complexity index is 626. The van der Waals surface area contributed by atoms with Gasteiger partial charge in [0.1, 0.15) is 11.9 Å². The highest BCUT2D eigenvalue weighted by Crippen LogP contribution is 2.26. The SMILES string of the molecule is COc1ccc(CO[C@@H]2CCC[C@@H](OCc3ccccc3)[C@H]2O)cc1. The van der Waals surface area contributed by atoms with Gasteiger partial charge in [-0.15, -0.1) is 0 Å². The van der Waals surface area contributed by atoms with Gasteiger partial charge in [-0.1, -0.05) is 42.5 Å². The van der Waals surface area contributed by atoms with Crippen molar-refractivity contribution in [3.8, 4) is 5.75 Å². The number of aliphatic hydroxyl groups is 1. The van der Waals surface area contributed by atoms with E-state index in [2.05, 4.69) is 0 Å². The Hall–Kier alpha value is -1.88. The fraction of sp³-hybridized carbons (Fsp3) is 0.429. The van der Waals surface area contributed by atoms with Gasteiger partial charge in [0.05, 0.1) is 32.5 Å². The molecule has 1 fully saturated rings. The Labute approximate surface area is 149 Å². The van der Waals surface area contributed by atoms with Crippen molar-refractivity contribution >= 4 is 0 Å². The van der Waals surface area contributed by atoms with Gasteiger partial charge in [0.2, 0.25) is 0 Å². The minimum atomic E-state index is -0.587. The number of hydrogen-bond acceptors (Lipinski definition) is 4. The van der Waals surface area contributed by atoms with Crippen LogP contribution in [-0.4, -0.2) is 30.5 Å². The Morgan fingerprint density at radius 1 is 0.840 bits per heavy atom. The van der Waals surface area contributed by atoms with E-state index in [0.29, 0.717) is 13.2 Å². The van der Waals surface area contributed by atoms with Crippen molar-refractivity contribution in [2.75, 3.05) is 7.11 Å². The molecule has 0 unspecified atom stereocenters. The van der Waals surface area contributed by atoms with Crippen molar-refractivity contribution in [3.63, 3.8) is 0 Å². The fourth-order valence-electron chi connectivity index (χ4n) is 3.17. The lowest BCUT2D eigenvalue weighted by molar-refractivity contribution is -0.141. The zero-order chi connectivity index (χ0) is 17.5. The molecule has 0 bridgehead atoms. The number of benzene rings is 2. The van der Waals surface area contributed by atoms with Crippen LogP contribution in [0.3, 0.4) is 0 Å². The van der Waals surface area contributed by atoms with Crippen molar-refractivity contribution in [3.05, 3.63) is 65.7 Å². The van der Waals surface area contributed by atoms with Gasteiger partial charge in [0.25, 0.3) is 0 Å². The van der Waals surface area contributed by atoms with E-state index in [1.54, 1.807) is 7.11 Å². The summed E-state index contributed by atoms with van der Waals surface area (Å²) in [5.74, 6) is 0.829. The molecule has 4 heteroatoms. The molecule has 1 aliphatic rings. The first-order valence-electron chi connectivity index (χ1n) is 8.84. The molecule has 1 N–H and O–H groups in total. The van der Waals surface area contributed by atoms with Crippen LogP contribution < -0.4 is 4.74 Å². The second-order valence-corrected chi connectivity index (χ2v) is 6.45. The molecule has 25 heavy (non-hydrogen) atoms. The first kappa shape index (κ1) is 17.9. The fourth-order valence-corrected chi connectivity index (χ4v) is 3.17. The molecule has 1 aliphatic carbocycles. The molecule has 2 aromatic carbocycles. The van der Waals surface area contributed by atoms with Crippen LogP contribution in [0.2, 0.25) is 0 Å². The highest BCUT2D eigenvalue weighted by Gasteiger charge is 2.33. The lowest BCUT2D eigenvalue weighted by Crippen LogP contribution is -2.44. The molecule has 3 rings (SSSR count). The summed E-state index contributed by atoms with van der Waals surface area (Å²) in [6.45, 7) is 1.00. The standard InChI is InChI=1S/C21H26O4/c1-23-18-12-10-17(11-13-18)15-25-20-9-5-8-19(21(20)22)24-14-16-6-3-2-4-7-16/h2-4,6-7,10-13,19-22H,5,8-9,14-15H2,1H3/t19-,20-,21-/m1/s1. The highest BCUT2D eigenvalue weighted by molar-refractivity contribution is 5.26. The number of ether oxygens (including phenoxy) is 3. The molecule has 4 nitrogen and oxygen atoms in total. The van der Waals surface area contributed by atoms with Gasteiger partial charge in [0, 0.05) is 0 Å². The minimum Gasteiger partial charge on any atom is -0.497 e. The number of methoxy groups -OCH3 is 1. The third kappa shape index (κ3) is 5.05. The predicted molar refractivity (Wildman–Crippen MR) is 96.4 cm³/mol. The van der Waals surface area contributed by atoms with E-state index in [1.165, 1.54) is 0 Å². The zero-order valence-electron chi connectivity index (χ0n) is 14.6. The summed E-state index contributed by atoms with van der Waals surface area (Å²) < 4.78 is 17.1. The third-order valence-corrected chi connectivity index (χ3v) is 4.67. The van der Waals surface area contributed by atoms with Gasteiger partial charge in [-0.05, 0) is 42.5 Å². The molecule has 134 valence electrons. The number of aliphatic hydroxyl groups excluding tert-OH is 1. The maximum atomic E-state index is 10.6. The van der Waals surface area contributed by atoms with Gasteiger partial charge in [-0.2, -0.15) is 0 Å². The molecule has 0 radical (unpaired) electrons. The van der Waals surface area contributed by atoms with Crippen molar-refractivity contribution in [1.82, 2.24) is 0 Å². The molecule has 0 amide bonds. The van der Waals surface area contributed by atoms with Gasteiger partial charge < -0.3 is 19.3 Å². The first-order valence-corrected chi connectivity index (χ1v) is 8.84. The van der Waals surface area contributed by atoms with Gasteiger partial charge in [-0.25, -0.2) is 0 Å². The maximum Gasteiger partial charge on any atom is 0.118 e. The average molecular weight is 342 g/mol. The molecule has 1 saturated carbocycles. The Morgan fingerprint density at radius 3 is 1.96 bits per heavy atom. The first-order chi connectivity index (χ1) is 12.3. The van der Waals surface area contributed by atoms with Crippen LogP contribution in [0.25, 0.3) is 0 Å². The largest absolute Gasteiger partial charge is 0.497 e. The second kappa shape index (κ2) is 8.99. The van der Waals surface area contributed by atoms with E-state index in [1.807, 2.05) is 54.6 Å². The van der Waals surface area contributed by atoms with E-state index in [-0.39, 0.29) is 12.2 Å². The molecule has 0 heterocycles. The maximum absolute atomic E-state index is 10.6. The summed E-state index contributed by atoms with van der Waals surface area (Å²) in [4.78, 5) is 0. The van der Waals surface area contributed by atoms with Crippen molar-refractivity contribution in [2.45, 2.75) is 50.8 Å². The lowest BCUT2D eigenvalue weighted by Gasteiger charge is -2.34. The van der Waals surface area contributed by atoms with E-state index in [0.717, 1.165) is 36.1 Å².